The number of carboxylic acid groups (broad SMARTS) is 1. The van der Waals surface area contributed by atoms with Crippen LogP contribution in [0.25, 0.3) is 10.6 Å². The highest BCUT2D eigenvalue weighted by atomic mass is 32.1. The molecule has 1 aliphatic rings. The third kappa shape index (κ3) is 4.51. The molecule has 8 nitrogen and oxygen atoms in total. The van der Waals surface area contributed by atoms with E-state index >= 15 is 0 Å². The number of piperidine rings is 1. The molecule has 1 fully saturated rings. The largest absolute Gasteiger partial charge is 0.481 e. The lowest BCUT2D eigenvalue weighted by molar-refractivity contribution is -0.143. The number of hydrogen-bond acceptors (Lipinski definition) is 8. The number of nitrogens with one attached hydrogen (secondary N) is 1. The predicted molar refractivity (Wildman–Crippen MR) is 119 cm³/mol. The molecule has 1 aliphatic heterocycles. The van der Waals surface area contributed by atoms with Crippen LogP contribution >= 0.6 is 34.0 Å². The van der Waals surface area contributed by atoms with Gasteiger partial charge in [0.25, 0.3) is 11.8 Å². The van der Waals surface area contributed by atoms with Crippen LogP contribution in [0.1, 0.15) is 37.1 Å². The van der Waals surface area contributed by atoms with Crippen molar-refractivity contribution in [2.24, 2.45) is 5.92 Å². The zero-order valence-corrected chi connectivity index (χ0v) is 18.5. The lowest BCUT2D eigenvalue weighted by atomic mass is 9.97. The molecule has 11 heteroatoms. The van der Waals surface area contributed by atoms with Crippen molar-refractivity contribution in [2.75, 3.05) is 18.4 Å². The summed E-state index contributed by atoms with van der Waals surface area (Å²) < 4.78 is 0. The molecule has 0 saturated carbocycles. The van der Waals surface area contributed by atoms with Gasteiger partial charge in [0.2, 0.25) is 0 Å². The SMILES string of the molecule is N#Cc1sc(NC(=O)c2ccc(C(=O)N3CCC(C(=O)O)CC3)s2)nc1-c1cccs1. The highest BCUT2D eigenvalue weighted by Gasteiger charge is 2.28. The fourth-order valence-electron chi connectivity index (χ4n) is 3.25. The number of hydrogen-bond donors (Lipinski definition) is 2. The summed E-state index contributed by atoms with van der Waals surface area (Å²) in [7, 11) is 0. The molecule has 4 heterocycles. The van der Waals surface area contributed by atoms with E-state index in [1.54, 1.807) is 17.0 Å². The van der Waals surface area contributed by atoms with Crippen LogP contribution in [0.2, 0.25) is 0 Å². The molecule has 31 heavy (non-hydrogen) atoms. The summed E-state index contributed by atoms with van der Waals surface area (Å²) in [5.41, 5.74) is 0.546. The Morgan fingerprint density at radius 2 is 1.90 bits per heavy atom. The van der Waals surface area contributed by atoms with Gasteiger partial charge in [0.1, 0.15) is 16.6 Å². The van der Waals surface area contributed by atoms with Crippen LogP contribution in [0.4, 0.5) is 5.13 Å². The van der Waals surface area contributed by atoms with Gasteiger partial charge in [-0.25, -0.2) is 4.98 Å². The lowest BCUT2D eigenvalue weighted by Crippen LogP contribution is -2.39. The lowest BCUT2D eigenvalue weighted by Gasteiger charge is -2.29. The molecule has 2 N–H and O–H groups in total. The molecule has 0 aromatic carbocycles. The number of amides is 2. The average molecular weight is 473 g/mol. The van der Waals surface area contributed by atoms with Crippen LogP contribution in [0.3, 0.4) is 0 Å². The molecule has 0 unspecified atom stereocenters. The molecular weight excluding hydrogens is 456 g/mol. The van der Waals surface area contributed by atoms with E-state index < -0.39 is 17.8 Å². The van der Waals surface area contributed by atoms with Gasteiger partial charge in [-0.2, -0.15) is 5.26 Å². The van der Waals surface area contributed by atoms with Gasteiger partial charge in [0.15, 0.2) is 5.13 Å². The van der Waals surface area contributed by atoms with E-state index in [0.717, 1.165) is 27.6 Å². The highest BCUT2D eigenvalue weighted by molar-refractivity contribution is 7.18. The number of carbonyl (C=O) groups is 3. The molecule has 1 saturated heterocycles. The topological polar surface area (TPSA) is 123 Å². The Morgan fingerprint density at radius 3 is 2.55 bits per heavy atom. The summed E-state index contributed by atoms with van der Waals surface area (Å²) in [4.78, 5) is 44.5. The smallest absolute Gasteiger partial charge is 0.306 e. The second-order valence-corrected chi connectivity index (χ2v) is 9.84. The maximum atomic E-state index is 12.7. The summed E-state index contributed by atoms with van der Waals surface area (Å²) in [5.74, 6) is -1.84. The molecule has 0 aliphatic carbocycles. The van der Waals surface area contributed by atoms with Crippen molar-refractivity contribution in [3.8, 4) is 16.6 Å². The number of thiophene rings is 2. The van der Waals surface area contributed by atoms with Gasteiger partial charge in [-0.05, 0) is 36.4 Å². The zero-order valence-electron chi connectivity index (χ0n) is 16.0. The zero-order chi connectivity index (χ0) is 22.0. The summed E-state index contributed by atoms with van der Waals surface area (Å²) in [6.07, 6.45) is 0.856. The second kappa shape index (κ2) is 8.97. The van der Waals surface area contributed by atoms with Crippen LogP contribution in [0.5, 0.6) is 0 Å². The molecule has 158 valence electrons. The van der Waals surface area contributed by atoms with Gasteiger partial charge in [0, 0.05) is 13.1 Å². The average Bonchev–Trinajstić information content (AvgIpc) is 3.53. The number of carboxylic acids is 1. The molecular formula is C20H16N4O4S3. The van der Waals surface area contributed by atoms with Crippen molar-refractivity contribution in [2.45, 2.75) is 12.8 Å². The van der Waals surface area contributed by atoms with Crippen LogP contribution < -0.4 is 5.32 Å². The molecule has 2 amide bonds. The van der Waals surface area contributed by atoms with Gasteiger partial charge in [-0.1, -0.05) is 17.4 Å². The first-order chi connectivity index (χ1) is 15.0. The molecule has 0 bridgehead atoms. The number of aromatic nitrogens is 1. The Kier molecular flexibility index (Phi) is 6.13. The van der Waals surface area contributed by atoms with Crippen LogP contribution in [-0.2, 0) is 4.79 Å². The quantitative estimate of drug-likeness (QED) is 0.579. The van der Waals surface area contributed by atoms with E-state index in [4.69, 9.17) is 5.11 Å². The number of nitriles is 1. The third-order valence-corrected chi connectivity index (χ3v) is 7.70. The number of likely N-dealkylation sites (tertiary alicyclic amines) is 1. The van der Waals surface area contributed by atoms with E-state index in [1.165, 1.54) is 11.3 Å². The summed E-state index contributed by atoms with van der Waals surface area (Å²) >= 11 is 3.64. The van der Waals surface area contributed by atoms with Gasteiger partial charge in [0.05, 0.1) is 20.5 Å². The first kappa shape index (κ1) is 21.2. The minimum Gasteiger partial charge on any atom is -0.481 e. The number of thiazole rings is 1. The Balaban J connectivity index is 1.43. The second-order valence-electron chi connectivity index (χ2n) is 6.81. The van der Waals surface area contributed by atoms with Gasteiger partial charge in [-0.15, -0.1) is 22.7 Å². The van der Waals surface area contributed by atoms with Crippen molar-refractivity contribution in [3.05, 3.63) is 44.3 Å². The van der Waals surface area contributed by atoms with E-state index in [0.29, 0.717) is 51.4 Å². The molecule has 3 aromatic heterocycles. The highest BCUT2D eigenvalue weighted by Crippen LogP contribution is 2.33. The Labute approximate surface area is 189 Å². The monoisotopic (exact) mass is 472 g/mol. The van der Waals surface area contributed by atoms with Gasteiger partial charge in [-0.3, -0.25) is 19.7 Å². The normalized spacial score (nSPS) is 14.2. The van der Waals surface area contributed by atoms with Crippen molar-refractivity contribution < 1.29 is 19.5 Å². The van der Waals surface area contributed by atoms with Crippen LogP contribution in [0.15, 0.2) is 29.6 Å². The van der Waals surface area contributed by atoms with Crippen molar-refractivity contribution in [1.29, 1.82) is 5.26 Å². The Hall–Kier alpha value is -3.07. The predicted octanol–water partition coefficient (Wildman–Crippen LogP) is 3.99. The van der Waals surface area contributed by atoms with E-state index in [9.17, 15) is 19.6 Å². The first-order valence-electron chi connectivity index (χ1n) is 9.34. The molecule has 0 spiro atoms. The standard InChI is InChI=1S/C20H16N4O4S3/c21-10-15-16(12-2-1-9-29-12)22-20(31-15)23-17(25)13-3-4-14(30-13)18(26)24-7-5-11(6-8-24)19(27)28/h1-4,9,11H,5-8H2,(H,27,28)(H,22,23,25). The molecule has 0 radical (unpaired) electrons. The van der Waals surface area contributed by atoms with Crippen molar-refractivity contribution in [1.82, 2.24) is 9.88 Å². The third-order valence-electron chi connectivity index (χ3n) is 4.88. The number of aliphatic carboxylic acids is 1. The number of nitrogens with zero attached hydrogens (tertiary/aromatic N) is 3. The van der Waals surface area contributed by atoms with Gasteiger partial charge < -0.3 is 10.0 Å². The molecule has 3 aromatic rings. The minimum atomic E-state index is -0.828. The fourth-order valence-corrected chi connectivity index (χ4v) is 5.67. The maximum Gasteiger partial charge on any atom is 0.306 e. The van der Waals surface area contributed by atoms with E-state index in [2.05, 4.69) is 16.4 Å². The molecule has 0 atom stereocenters. The fraction of sp³-hybridized carbons (Fsp3) is 0.250. The number of anilines is 1. The van der Waals surface area contributed by atoms with Crippen molar-refractivity contribution >= 4 is 56.9 Å². The van der Waals surface area contributed by atoms with Crippen LogP contribution in [-0.4, -0.2) is 45.9 Å². The first-order valence-corrected chi connectivity index (χ1v) is 11.9. The maximum absolute atomic E-state index is 12.7. The van der Waals surface area contributed by atoms with E-state index in [1.807, 2.05) is 17.5 Å². The minimum absolute atomic E-state index is 0.200. The number of carbonyl (C=O) groups excluding carboxylic acids is 2. The Bertz CT molecular complexity index is 1170. The van der Waals surface area contributed by atoms with Crippen LogP contribution in [0, 0.1) is 17.2 Å². The summed E-state index contributed by atoms with van der Waals surface area (Å²) in [5, 5.41) is 23.4. The van der Waals surface area contributed by atoms with E-state index in [-0.39, 0.29) is 5.91 Å². The molecule has 4 rings (SSSR count). The number of rotatable bonds is 5. The van der Waals surface area contributed by atoms with Gasteiger partial charge >= 0.3 is 5.97 Å². The summed E-state index contributed by atoms with van der Waals surface area (Å²) in [6.45, 7) is 0.771. The summed E-state index contributed by atoms with van der Waals surface area (Å²) in [6, 6.07) is 9.02. The Morgan fingerprint density at radius 1 is 1.16 bits per heavy atom. The van der Waals surface area contributed by atoms with Crippen molar-refractivity contribution in [3.63, 3.8) is 0 Å².